The molecule has 0 fully saturated rings. The van der Waals surface area contributed by atoms with Gasteiger partial charge in [-0.3, -0.25) is 14.4 Å². The predicted molar refractivity (Wildman–Crippen MR) is 270 cm³/mol. The van der Waals surface area contributed by atoms with Gasteiger partial charge < -0.3 is 14.2 Å². The van der Waals surface area contributed by atoms with Gasteiger partial charge in [0, 0.05) is 19.3 Å². The number of rotatable bonds is 45. The minimum absolute atomic E-state index is 0.0986. The first kappa shape index (κ1) is 59.3. The largest absolute Gasteiger partial charge is 0.462 e. The maximum atomic E-state index is 12.8. The summed E-state index contributed by atoms with van der Waals surface area (Å²) in [4.78, 5) is 38.0. The van der Waals surface area contributed by atoms with E-state index in [-0.39, 0.29) is 31.1 Å². The molecule has 0 spiro atoms. The molecule has 0 saturated heterocycles. The van der Waals surface area contributed by atoms with E-state index in [4.69, 9.17) is 14.2 Å². The lowest BCUT2D eigenvalue weighted by atomic mass is 10.1. The molecule has 0 heterocycles. The zero-order valence-electron chi connectivity index (χ0n) is 40.8. The third kappa shape index (κ3) is 49.2. The highest BCUT2D eigenvalue weighted by Crippen LogP contribution is 2.14. The molecule has 1 unspecified atom stereocenters. The topological polar surface area (TPSA) is 78.9 Å². The van der Waals surface area contributed by atoms with Gasteiger partial charge in [-0.1, -0.05) is 221 Å². The van der Waals surface area contributed by atoms with Crippen LogP contribution in [0.4, 0.5) is 0 Å². The Hall–Kier alpha value is -3.67. The van der Waals surface area contributed by atoms with Gasteiger partial charge in [0.1, 0.15) is 13.2 Å². The second-order valence-electron chi connectivity index (χ2n) is 16.8. The fourth-order valence-electron chi connectivity index (χ4n) is 6.86. The number of ether oxygens (including phenoxy) is 3. The molecule has 6 heteroatoms. The van der Waals surface area contributed by atoms with Gasteiger partial charge in [0.2, 0.25) is 0 Å². The Bertz CT molecular complexity index is 1280. The molecule has 358 valence electrons. The van der Waals surface area contributed by atoms with Gasteiger partial charge in [0.25, 0.3) is 0 Å². The lowest BCUT2D eigenvalue weighted by Crippen LogP contribution is -2.30. The van der Waals surface area contributed by atoms with Gasteiger partial charge in [-0.25, -0.2) is 0 Å². The van der Waals surface area contributed by atoms with Gasteiger partial charge in [-0.15, -0.1) is 0 Å². The van der Waals surface area contributed by atoms with Crippen LogP contribution in [0.15, 0.2) is 97.2 Å². The Morgan fingerprint density at radius 3 is 1.03 bits per heavy atom. The summed E-state index contributed by atoms with van der Waals surface area (Å²) in [6.45, 7) is 6.31. The summed E-state index contributed by atoms with van der Waals surface area (Å²) in [5, 5.41) is 0. The number of hydrogen-bond acceptors (Lipinski definition) is 6. The Morgan fingerprint density at radius 1 is 0.333 bits per heavy atom. The number of hydrogen-bond donors (Lipinski definition) is 0. The molecule has 0 rings (SSSR count). The smallest absolute Gasteiger partial charge is 0.306 e. The van der Waals surface area contributed by atoms with Crippen molar-refractivity contribution in [3.05, 3.63) is 97.2 Å². The van der Waals surface area contributed by atoms with Gasteiger partial charge >= 0.3 is 17.9 Å². The van der Waals surface area contributed by atoms with Crippen molar-refractivity contribution in [3.8, 4) is 0 Å². The second kappa shape index (κ2) is 51.0. The average Bonchev–Trinajstić information content (AvgIpc) is 3.28. The fourth-order valence-corrected chi connectivity index (χ4v) is 6.86. The molecule has 0 N–H and O–H groups in total. The minimum atomic E-state index is -0.802. The summed E-state index contributed by atoms with van der Waals surface area (Å²) in [5.74, 6) is -0.958. The molecule has 0 aliphatic carbocycles. The standard InChI is InChI=1S/C57H94O6/c1-4-7-10-13-16-19-22-25-27-28-30-32-35-38-41-44-47-50-56(59)62-53-54(52-61-55(58)49-46-43-40-37-34-31-24-21-18-15-12-9-6-3)63-57(60)51-48-45-42-39-36-33-29-26-23-20-17-14-11-8-5-2/h8-9,11-12,14-15,17-18,20-21,23-25,27,31,34,54H,4-7,10,13,16,19,22,26,28-30,32-33,35-53H2,1-3H3/b11-8+,12-9+,17-14+,18-15+,23-20+,24-21+,27-25+,34-31+. The van der Waals surface area contributed by atoms with Crippen molar-refractivity contribution >= 4 is 17.9 Å². The van der Waals surface area contributed by atoms with Gasteiger partial charge in [-0.2, -0.15) is 0 Å². The molecule has 0 aliphatic heterocycles. The number of carbonyl (C=O) groups is 3. The Balaban J connectivity index is 4.45. The molecule has 0 aromatic heterocycles. The second-order valence-corrected chi connectivity index (χ2v) is 16.8. The van der Waals surface area contributed by atoms with Crippen molar-refractivity contribution in [2.75, 3.05) is 13.2 Å². The van der Waals surface area contributed by atoms with Crippen LogP contribution in [-0.4, -0.2) is 37.2 Å². The van der Waals surface area contributed by atoms with Crippen LogP contribution in [0.1, 0.15) is 226 Å². The van der Waals surface area contributed by atoms with E-state index in [0.29, 0.717) is 19.3 Å². The van der Waals surface area contributed by atoms with Gasteiger partial charge in [0.05, 0.1) is 0 Å². The average molecular weight is 875 g/mol. The maximum Gasteiger partial charge on any atom is 0.306 e. The molecular formula is C57H94O6. The molecule has 0 aromatic rings. The van der Waals surface area contributed by atoms with E-state index in [0.717, 1.165) is 89.9 Å². The number of carbonyl (C=O) groups excluding carboxylic acids is 3. The normalized spacial score (nSPS) is 12.9. The van der Waals surface area contributed by atoms with Crippen LogP contribution < -0.4 is 0 Å². The van der Waals surface area contributed by atoms with Crippen molar-refractivity contribution in [1.29, 1.82) is 0 Å². The van der Waals surface area contributed by atoms with Crippen LogP contribution >= 0.6 is 0 Å². The monoisotopic (exact) mass is 875 g/mol. The molecule has 0 aliphatic rings. The zero-order valence-corrected chi connectivity index (χ0v) is 40.8. The van der Waals surface area contributed by atoms with Crippen molar-refractivity contribution in [2.45, 2.75) is 232 Å². The van der Waals surface area contributed by atoms with Crippen LogP contribution in [0.3, 0.4) is 0 Å². The molecular weight excluding hydrogens is 781 g/mol. The van der Waals surface area contributed by atoms with Crippen LogP contribution in [0.5, 0.6) is 0 Å². The first-order valence-corrected chi connectivity index (χ1v) is 25.8. The molecule has 0 aromatic carbocycles. The SMILES string of the molecule is CC/C=C/C=C/C=C/C=C/CCCCCC(=O)OCC(COC(=O)CCCCCCCCC/C=C/CCCCCCCC)OC(=O)CCCCCCCCC/C=C/C=C/C=C/CC. The highest BCUT2D eigenvalue weighted by Gasteiger charge is 2.19. The van der Waals surface area contributed by atoms with E-state index in [2.05, 4.69) is 81.5 Å². The van der Waals surface area contributed by atoms with Crippen LogP contribution in [0.25, 0.3) is 0 Å². The molecule has 0 radical (unpaired) electrons. The predicted octanol–water partition coefficient (Wildman–Crippen LogP) is 17.0. The number of esters is 3. The van der Waals surface area contributed by atoms with Crippen molar-refractivity contribution in [1.82, 2.24) is 0 Å². The molecule has 1 atom stereocenters. The van der Waals surface area contributed by atoms with Crippen molar-refractivity contribution < 1.29 is 28.6 Å². The highest BCUT2D eigenvalue weighted by atomic mass is 16.6. The van der Waals surface area contributed by atoms with E-state index in [1.165, 1.54) is 96.3 Å². The van der Waals surface area contributed by atoms with E-state index in [1.807, 2.05) is 36.5 Å². The molecule has 63 heavy (non-hydrogen) atoms. The summed E-state index contributed by atoms with van der Waals surface area (Å²) < 4.78 is 16.8. The first-order valence-electron chi connectivity index (χ1n) is 25.8. The molecule has 0 bridgehead atoms. The molecule has 0 saturated carbocycles. The van der Waals surface area contributed by atoms with E-state index in [1.54, 1.807) is 0 Å². The maximum absolute atomic E-state index is 12.8. The van der Waals surface area contributed by atoms with Crippen molar-refractivity contribution in [3.63, 3.8) is 0 Å². The molecule has 0 amide bonds. The first-order chi connectivity index (χ1) is 31.0. The number of unbranched alkanes of at least 4 members (excludes halogenated alkanes) is 23. The summed E-state index contributed by atoms with van der Waals surface area (Å²) >= 11 is 0. The van der Waals surface area contributed by atoms with Crippen LogP contribution in [0.2, 0.25) is 0 Å². The van der Waals surface area contributed by atoms with E-state index < -0.39 is 6.10 Å². The third-order valence-corrected chi connectivity index (χ3v) is 10.7. The quantitative estimate of drug-likeness (QED) is 0.0199. The van der Waals surface area contributed by atoms with Gasteiger partial charge in [-0.05, 0) is 83.5 Å². The highest BCUT2D eigenvalue weighted by molar-refractivity contribution is 5.71. The fraction of sp³-hybridized carbons (Fsp3) is 0.667. The number of allylic oxidation sites excluding steroid dienone is 16. The van der Waals surface area contributed by atoms with Crippen LogP contribution in [0, 0.1) is 0 Å². The Morgan fingerprint density at radius 2 is 0.635 bits per heavy atom. The summed E-state index contributed by atoms with van der Waals surface area (Å²) in [7, 11) is 0. The summed E-state index contributed by atoms with van der Waals surface area (Å²) in [6, 6.07) is 0. The third-order valence-electron chi connectivity index (χ3n) is 10.7. The lowest BCUT2D eigenvalue weighted by molar-refractivity contribution is -0.167. The van der Waals surface area contributed by atoms with E-state index in [9.17, 15) is 14.4 Å². The van der Waals surface area contributed by atoms with Crippen LogP contribution in [-0.2, 0) is 28.6 Å². The van der Waals surface area contributed by atoms with Crippen molar-refractivity contribution in [2.24, 2.45) is 0 Å². The Kier molecular flexibility index (Phi) is 48.0. The summed E-state index contributed by atoms with van der Waals surface area (Å²) in [5.41, 5.74) is 0. The van der Waals surface area contributed by atoms with E-state index >= 15 is 0 Å². The van der Waals surface area contributed by atoms with Gasteiger partial charge in [0.15, 0.2) is 6.10 Å². The molecule has 6 nitrogen and oxygen atoms in total. The zero-order chi connectivity index (χ0) is 45.8. The summed E-state index contributed by atoms with van der Waals surface area (Å²) in [6.07, 6.45) is 66.8. The minimum Gasteiger partial charge on any atom is -0.462 e. The Labute approximate surface area is 387 Å². The lowest BCUT2D eigenvalue weighted by Gasteiger charge is -2.18.